The molecule has 0 aliphatic heterocycles. The second kappa shape index (κ2) is 8.10. The molecule has 0 aromatic carbocycles. The third kappa shape index (κ3) is 6.40. The number of rotatable bonds is 8. The van der Waals surface area contributed by atoms with Crippen LogP contribution in [0, 0.1) is 5.92 Å². The van der Waals surface area contributed by atoms with Gasteiger partial charge in [-0.2, -0.15) is 0 Å². The van der Waals surface area contributed by atoms with Crippen molar-refractivity contribution < 1.29 is 19.4 Å². The zero-order valence-electron chi connectivity index (χ0n) is 10.2. The van der Waals surface area contributed by atoms with Gasteiger partial charge in [0.05, 0.1) is 0 Å². The molecule has 16 heavy (non-hydrogen) atoms. The largest absolute Gasteiger partial charge is 0.480 e. The van der Waals surface area contributed by atoms with E-state index in [0.29, 0.717) is 26.1 Å². The molecule has 0 heterocycles. The van der Waals surface area contributed by atoms with Crippen LogP contribution in [0.5, 0.6) is 0 Å². The Bertz CT molecular complexity index is 228. The second-order valence-corrected chi connectivity index (χ2v) is 3.93. The van der Waals surface area contributed by atoms with Gasteiger partial charge < -0.3 is 15.2 Å². The molecule has 0 radical (unpaired) electrons. The number of nitrogens with one attached hydrogen (secondary N) is 1. The van der Waals surface area contributed by atoms with Gasteiger partial charge in [0.25, 0.3) is 0 Å². The van der Waals surface area contributed by atoms with Crippen molar-refractivity contribution in [2.75, 3.05) is 13.2 Å². The Morgan fingerprint density at radius 3 is 2.44 bits per heavy atom. The van der Waals surface area contributed by atoms with Crippen molar-refractivity contribution in [1.82, 2.24) is 5.32 Å². The minimum absolute atomic E-state index is 0.117. The van der Waals surface area contributed by atoms with Crippen molar-refractivity contribution in [3.05, 3.63) is 0 Å². The molecule has 1 atom stereocenters. The Hall–Kier alpha value is -1.10. The summed E-state index contributed by atoms with van der Waals surface area (Å²) in [6.07, 6.45) is 0.917. The van der Waals surface area contributed by atoms with Gasteiger partial charge in [-0.05, 0) is 19.3 Å². The zero-order chi connectivity index (χ0) is 12.6. The minimum atomic E-state index is -0.992. The monoisotopic (exact) mass is 231 g/mol. The van der Waals surface area contributed by atoms with Crippen molar-refractivity contribution in [2.24, 2.45) is 5.92 Å². The summed E-state index contributed by atoms with van der Waals surface area (Å²) in [5, 5.41) is 11.4. The standard InChI is InChI=1S/C11H21NO4/c1-4-16-7-5-6-9(13)12-10(8(2)3)11(14)15/h8,10H,4-7H2,1-3H3,(H,12,13)(H,14,15)/t10-/m1/s1. The SMILES string of the molecule is CCOCCCC(=O)N[C@@H](C(=O)O)C(C)C. The summed E-state index contributed by atoms with van der Waals surface area (Å²) in [7, 11) is 0. The maximum absolute atomic E-state index is 11.4. The number of carbonyl (C=O) groups excluding carboxylic acids is 1. The van der Waals surface area contributed by atoms with Gasteiger partial charge in [0, 0.05) is 19.6 Å². The van der Waals surface area contributed by atoms with Crippen molar-refractivity contribution in [2.45, 2.75) is 39.7 Å². The number of hydrogen-bond acceptors (Lipinski definition) is 3. The van der Waals surface area contributed by atoms with E-state index in [-0.39, 0.29) is 11.8 Å². The van der Waals surface area contributed by atoms with Crippen LogP contribution < -0.4 is 5.32 Å². The Kier molecular flexibility index (Phi) is 7.54. The first-order valence-electron chi connectivity index (χ1n) is 5.59. The van der Waals surface area contributed by atoms with Gasteiger partial charge in [-0.25, -0.2) is 4.79 Å². The minimum Gasteiger partial charge on any atom is -0.480 e. The topological polar surface area (TPSA) is 75.6 Å². The quantitative estimate of drug-likeness (QED) is 0.612. The van der Waals surface area contributed by atoms with Crippen molar-refractivity contribution in [3.63, 3.8) is 0 Å². The zero-order valence-corrected chi connectivity index (χ0v) is 10.2. The highest BCUT2D eigenvalue weighted by molar-refractivity contribution is 5.83. The summed E-state index contributed by atoms with van der Waals surface area (Å²) in [4.78, 5) is 22.2. The van der Waals surface area contributed by atoms with Gasteiger partial charge >= 0.3 is 5.97 Å². The molecule has 0 aliphatic carbocycles. The molecule has 0 saturated carbocycles. The lowest BCUT2D eigenvalue weighted by atomic mass is 10.0. The van der Waals surface area contributed by atoms with Crippen LogP contribution in [0.3, 0.4) is 0 Å². The molecule has 0 rings (SSSR count). The van der Waals surface area contributed by atoms with Crippen LogP contribution in [0.2, 0.25) is 0 Å². The molecule has 0 bridgehead atoms. The maximum Gasteiger partial charge on any atom is 0.326 e. The van der Waals surface area contributed by atoms with Gasteiger partial charge in [-0.1, -0.05) is 13.8 Å². The van der Waals surface area contributed by atoms with Crippen molar-refractivity contribution in [3.8, 4) is 0 Å². The molecule has 0 spiro atoms. The summed E-state index contributed by atoms with van der Waals surface area (Å²) in [5.41, 5.74) is 0. The lowest BCUT2D eigenvalue weighted by Crippen LogP contribution is -2.44. The first kappa shape index (κ1) is 14.9. The average Bonchev–Trinajstić information content (AvgIpc) is 2.20. The van der Waals surface area contributed by atoms with E-state index < -0.39 is 12.0 Å². The Morgan fingerprint density at radius 1 is 1.38 bits per heavy atom. The van der Waals surface area contributed by atoms with E-state index in [9.17, 15) is 9.59 Å². The first-order chi connectivity index (χ1) is 7.49. The third-order valence-corrected chi connectivity index (χ3v) is 2.15. The molecule has 1 amide bonds. The first-order valence-corrected chi connectivity index (χ1v) is 5.59. The van der Waals surface area contributed by atoms with Crippen LogP contribution in [0.1, 0.15) is 33.6 Å². The van der Waals surface area contributed by atoms with Crippen LogP contribution in [-0.4, -0.2) is 36.2 Å². The normalized spacial score (nSPS) is 12.5. The maximum atomic E-state index is 11.4. The van der Waals surface area contributed by atoms with E-state index in [1.165, 1.54) is 0 Å². The van der Waals surface area contributed by atoms with E-state index in [4.69, 9.17) is 9.84 Å². The molecule has 0 fully saturated rings. The van der Waals surface area contributed by atoms with Gasteiger partial charge in [-0.3, -0.25) is 4.79 Å². The summed E-state index contributed by atoms with van der Waals surface area (Å²) in [6, 6.07) is -0.806. The van der Waals surface area contributed by atoms with Crippen LogP contribution in [-0.2, 0) is 14.3 Å². The lowest BCUT2D eigenvalue weighted by Gasteiger charge is -2.17. The predicted octanol–water partition coefficient (Wildman–Crippen LogP) is 1.03. The van der Waals surface area contributed by atoms with E-state index in [1.807, 2.05) is 6.92 Å². The number of carboxylic acids is 1. The Labute approximate surface area is 96.2 Å². The highest BCUT2D eigenvalue weighted by Gasteiger charge is 2.22. The van der Waals surface area contributed by atoms with Gasteiger partial charge in [-0.15, -0.1) is 0 Å². The molecule has 94 valence electrons. The number of hydrogen-bond donors (Lipinski definition) is 2. The van der Waals surface area contributed by atoms with E-state index in [2.05, 4.69) is 5.32 Å². The summed E-state index contributed by atoms with van der Waals surface area (Å²) >= 11 is 0. The Balaban J connectivity index is 3.87. The lowest BCUT2D eigenvalue weighted by molar-refractivity contribution is -0.143. The van der Waals surface area contributed by atoms with Crippen LogP contribution in [0.25, 0.3) is 0 Å². The predicted molar refractivity (Wildman–Crippen MR) is 60.1 cm³/mol. The fourth-order valence-electron chi connectivity index (χ4n) is 1.24. The fourth-order valence-corrected chi connectivity index (χ4v) is 1.24. The van der Waals surface area contributed by atoms with Crippen LogP contribution in [0.4, 0.5) is 0 Å². The summed E-state index contributed by atoms with van der Waals surface area (Å²) in [5.74, 6) is -1.35. The molecule has 0 unspecified atom stereocenters. The van der Waals surface area contributed by atoms with Gasteiger partial charge in [0.2, 0.25) is 5.91 Å². The summed E-state index contributed by atoms with van der Waals surface area (Å²) in [6.45, 7) is 6.58. The molecule has 0 saturated heterocycles. The number of ether oxygens (including phenoxy) is 1. The molecule has 5 heteroatoms. The van der Waals surface area contributed by atoms with E-state index in [1.54, 1.807) is 13.8 Å². The van der Waals surface area contributed by atoms with Gasteiger partial charge in [0.15, 0.2) is 0 Å². The third-order valence-electron chi connectivity index (χ3n) is 2.15. The smallest absolute Gasteiger partial charge is 0.326 e. The molecule has 0 aromatic heterocycles. The molecular weight excluding hydrogens is 210 g/mol. The molecule has 5 nitrogen and oxygen atoms in total. The molecule has 0 aromatic rings. The van der Waals surface area contributed by atoms with E-state index in [0.717, 1.165) is 0 Å². The average molecular weight is 231 g/mol. The number of amides is 1. The molecular formula is C11H21NO4. The molecule has 0 aliphatic rings. The number of carbonyl (C=O) groups is 2. The van der Waals surface area contributed by atoms with Gasteiger partial charge in [0.1, 0.15) is 6.04 Å². The van der Waals surface area contributed by atoms with Crippen molar-refractivity contribution >= 4 is 11.9 Å². The van der Waals surface area contributed by atoms with Crippen molar-refractivity contribution in [1.29, 1.82) is 0 Å². The highest BCUT2D eigenvalue weighted by Crippen LogP contribution is 2.02. The van der Waals surface area contributed by atoms with E-state index >= 15 is 0 Å². The molecule has 2 N–H and O–H groups in total. The number of carboxylic acid groups (broad SMARTS) is 1. The number of aliphatic carboxylic acids is 1. The second-order valence-electron chi connectivity index (χ2n) is 3.93. The summed E-state index contributed by atoms with van der Waals surface area (Å²) < 4.78 is 5.09. The highest BCUT2D eigenvalue weighted by atomic mass is 16.5. The Morgan fingerprint density at radius 2 is 2.00 bits per heavy atom. The van der Waals surface area contributed by atoms with Crippen LogP contribution >= 0.6 is 0 Å². The van der Waals surface area contributed by atoms with Crippen LogP contribution in [0.15, 0.2) is 0 Å². The fraction of sp³-hybridized carbons (Fsp3) is 0.818.